The zero-order valence-corrected chi connectivity index (χ0v) is 32.9. The van der Waals surface area contributed by atoms with Gasteiger partial charge in [0.25, 0.3) is 5.44 Å². The number of carbonyl (C=O) groups excluding carboxylic acids is 4. The van der Waals surface area contributed by atoms with Crippen LogP contribution in [0, 0.1) is 0 Å². The van der Waals surface area contributed by atoms with Crippen LogP contribution in [0.5, 0.6) is 0 Å². The normalized spacial score (nSPS) is 21.2. The van der Waals surface area contributed by atoms with E-state index < -0.39 is 53.7 Å². The first-order valence-electron chi connectivity index (χ1n) is 13.5. The van der Waals surface area contributed by atoms with Gasteiger partial charge in [-0.05, 0) is 70.0 Å². The number of ether oxygens (including phenoxy) is 5. The van der Waals surface area contributed by atoms with Gasteiger partial charge in [0.15, 0.2) is 12.2 Å². The van der Waals surface area contributed by atoms with Crippen LogP contribution in [-0.4, -0.2) is 97.3 Å². The summed E-state index contributed by atoms with van der Waals surface area (Å²) in [5.74, 6) is -2.52. The van der Waals surface area contributed by atoms with Crippen LogP contribution in [0.2, 0.25) is 0 Å². The summed E-state index contributed by atoms with van der Waals surface area (Å²) in [6.45, 7) is 18.3. The fourth-order valence-electron chi connectivity index (χ4n) is 3.73. The van der Waals surface area contributed by atoms with E-state index in [1.807, 2.05) is 0 Å². The standard InChI is InChI=1S/C14H20O9S.2C6H15P.2Au/c1-6(15)19-5-10-11(20-7(2)16)12(21-8(3)17)13(14(24)23-10)22-9(4)18;2*1-4-7(5-2)6-3;;/h10-14,24H,5H2,1-4H3;2*4-6H2,1-3H3;;/p+3. The van der Waals surface area contributed by atoms with Crippen molar-refractivity contribution in [3.8, 4) is 0 Å². The summed E-state index contributed by atoms with van der Waals surface area (Å²) >= 11 is 3.24. The van der Waals surface area contributed by atoms with Gasteiger partial charge in [-0.1, -0.05) is 0 Å². The molecule has 9 nitrogen and oxygen atoms in total. The summed E-state index contributed by atoms with van der Waals surface area (Å²) < 4.78 is 25.9. The second-order valence-corrected chi connectivity index (χ2v) is 16.6. The van der Waals surface area contributed by atoms with E-state index in [9.17, 15) is 19.2 Å². The zero-order valence-electron chi connectivity index (χ0n) is 25.6. The largest absolute Gasteiger partial charge is 0.463 e. The fraction of sp³-hybridized carbons (Fsp3) is 0.846. The van der Waals surface area contributed by atoms with E-state index in [2.05, 4.69) is 54.2 Å². The molecule has 0 aliphatic carbocycles. The molecule has 0 aromatic rings. The molecule has 5 unspecified atom stereocenters. The molecule has 5 atom stereocenters. The number of carbonyl (C=O) groups is 4. The van der Waals surface area contributed by atoms with Crippen molar-refractivity contribution in [2.75, 3.05) is 43.6 Å². The van der Waals surface area contributed by atoms with Gasteiger partial charge in [-0.15, -0.1) is 0 Å². The molecule has 1 heterocycles. The molecular weight excluding hydrogens is 944 g/mol. The molecule has 1 aliphatic rings. The predicted octanol–water partition coefficient (Wildman–Crippen LogP) is 3.60. The Bertz CT molecular complexity index is 676. The third kappa shape index (κ3) is 22.1. The van der Waals surface area contributed by atoms with Gasteiger partial charge in [0.2, 0.25) is 6.10 Å². The monoisotopic (exact) mass is 997 g/mol. The second-order valence-electron chi connectivity index (χ2n) is 8.74. The molecule has 1 fully saturated rings. The SMILES string of the molecule is CC(=O)OCC1OC([SH2+])C(OC(C)=O)C(OC(C)=O)C1OC(C)=O.CC[PH+](CC)CC.CC[PH+](CC)CC.[Au].[Au]. The Morgan fingerprint density at radius 1 is 0.600 bits per heavy atom. The first-order chi connectivity index (χ1) is 17.8. The Morgan fingerprint density at radius 3 is 1.20 bits per heavy atom. The quantitative estimate of drug-likeness (QED) is 0.101. The maximum atomic E-state index is 11.4. The maximum Gasteiger partial charge on any atom is 0.303 e. The number of hydrogen-bond acceptors (Lipinski definition) is 9. The van der Waals surface area contributed by atoms with Crippen LogP contribution in [0.25, 0.3) is 0 Å². The molecule has 1 aliphatic heterocycles. The average Bonchev–Trinajstić information content (AvgIpc) is 2.84. The minimum atomic E-state index is -1.13. The molecule has 40 heavy (non-hydrogen) atoms. The molecule has 0 aromatic carbocycles. The summed E-state index contributed by atoms with van der Waals surface area (Å²) in [7, 11) is 0.275. The van der Waals surface area contributed by atoms with Crippen molar-refractivity contribution >= 4 is 52.3 Å². The molecular formula is C26H53Au2O9P2S+3. The van der Waals surface area contributed by atoms with Crippen molar-refractivity contribution in [1.29, 1.82) is 0 Å². The molecule has 246 valence electrons. The van der Waals surface area contributed by atoms with Crippen molar-refractivity contribution in [2.24, 2.45) is 0 Å². The summed E-state index contributed by atoms with van der Waals surface area (Å²) in [6, 6.07) is 0. The van der Waals surface area contributed by atoms with Crippen molar-refractivity contribution in [3.63, 3.8) is 0 Å². The van der Waals surface area contributed by atoms with Crippen LogP contribution >= 0.6 is 15.8 Å². The summed E-state index contributed by atoms with van der Waals surface area (Å²) in [6.07, 6.45) is 4.51. The fourth-order valence-corrected chi connectivity index (χ4v) is 7.16. The summed E-state index contributed by atoms with van der Waals surface area (Å²) in [5, 5.41) is 0. The smallest absolute Gasteiger partial charge is 0.303 e. The van der Waals surface area contributed by atoms with Crippen LogP contribution in [0.1, 0.15) is 69.2 Å². The van der Waals surface area contributed by atoms with Gasteiger partial charge < -0.3 is 23.7 Å². The molecule has 0 spiro atoms. The average molecular weight is 998 g/mol. The Labute approximate surface area is 281 Å². The van der Waals surface area contributed by atoms with Crippen LogP contribution in [0.4, 0.5) is 0 Å². The van der Waals surface area contributed by atoms with Crippen molar-refractivity contribution in [2.45, 2.75) is 99.1 Å². The van der Waals surface area contributed by atoms with E-state index in [4.69, 9.17) is 23.7 Å². The topological polar surface area (TPSA) is 114 Å². The maximum absolute atomic E-state index is 11.4. The minimum absolute atomic E-state index is 0. The van der Waals surface area contributed by atoms with Gasteiger partial charge in [-0.2, -0.15) is 0 Å². The van der Waals surface area contributed by atoms with E-state index in [0.717, 1.165) is 13.8 Å². The minimum Gasteiger partial charge on any atom is -0.463 e. The Balaban J connectivity index is -0.000000335. The molecule has 0 bridgehead atoms. The Hall–Kier alpha value is 0.531. The van der Waals surface area contributed by atoms with E-state index in [0.29, 0.717) is 0 Å². The number of hydrogen-bond donors (Lipinski definition) is 0. The first-order valence-corrected chi connectivity index (χ1v) is 18.3. The third-order valence-electron chi connectivity index (χ3n) is 5.99. The first kappa shape index (κ1) is 47.5. The van der Waals surface area contributed by atoms with E-state index in [1.54, 1.807) is 0 Å². The molecule has 0 saturated carbocycles. The van der Waals surface area contributed by atoms with Crippen LogP contribution in [0.15, 0.2) is 0 Å². The van der Waals surface area contributed by atoms with Gasteiger partial charge in [0.05, 0.1) is 37.0 Å². The Morgan fingerprint density at radius 2 is 0.925 bits per heavy atom. The molecule has 0 aromatic heterocycles. The molecule has 14 heteroatoms. The van der Waals surface area contributed by atoms with Gasteiger partial charge in [0, 0.05) is 72.5 Å². The number of esters is 4. The van der Waals surface area contributed by atoms with Gasteiger partial charge in [-0.25, -0.2) is 0 Å². The van der Waals surface area contributed by atoms with E-state index in [-0.39, 0.29) is 67.2 Å². The molecule has 0 amide bonds. The van der Waals surface area contributed by atoms with Gasteiger partial charge in [0.1, 0.15) is 12.7 Å². The second kappa shape index (κ2) is 28.3. The molecule has 1 rings (SSSR count). The van der Waals surface area contributed by atoms with Gasteiger partial charge in [-0.3, -0.25) is 19.2 Å². The summed E-state index contributed by atoms with van der Waals surface area (Å²) in [4.78, 5) is 45.1. The van der Waals surface area contributed by atoms with E-state index >= 15 is 0 Å². The molecule has 1 saturated heterocycles. The Kier molecular flexibility index (Phi) is 33.6. The van der Waals surface area contributed by atoms with Crippen LogP contribution < -0.4 is 0 Å². The van der Waals surface area contributed by atoms with Crippen LogP contribution in [-0.2, 0) is 100 Å². The van der Waals surface area contributed by atoms with Crippen molar-refractivity contribution < 1.29 is 87.6 Å². The summed E-state index contributed by atoms with van der Waals surface area (Å²) in [5.41, 5.74) is -0.870. The van der Waals surface area contributed by atoms with Crippen LogP contribution in [0.3, 0.4) is 0 Å². The molecule has 0 N–H and O–H groups in total. The third-order valence-corrected chi connectivity index (χ3v) is 12.5. The van der Waals surface area contributed by atoms with Crippen molar-refractivity contribution in [3.05, 3.63) is 0 Å². The van der Waals surface area contributed by atoms with Crippen molar-refractivity contribution in [1.82, 2.24) is 0 Å². The van der Waals surface area contributed by atoms with E-state index in [1.165, 1.54) is 50.8 Å². The molecule has 2 radical (unpaired) electrons. The zero-order chi connectivity index (χ0) is 29.8. The number of rotatable bonds is 11. The van der Waals surface area contributed by atoms with Gasteiger partial charge >= 0.3 is 23.9 Å². The predicted molar refractivity (Wildman–Crippen MR) is 162 cm³/mol.